The van der Waals surface area contributed by atoms with Crippen LogP contribution in [-0.4, -0.2) is 22.6 Å². The highest BCUT2D eigenvalue weighted by Gasteiger charge is 2.23. The predicted octanol–water partition coefficient (Wildman–Crippen LogP) is 7.92. The fourth-order valence-corrected chi connectivity index (χ4v) is 5.64. The molecule has 48 heavy (non-hydrogen) atoms. The van der Waals surface area contributed by atoms with Crippen LogP contribution in [0.15, 0.2) is 138 Å². The summed E-state index contributed by atoms with van der Waals surface area (Å²) in [5, 5.41) is 18.8. The molecule has 0 aromatic heterocycles. The van der Waals surface area contributed by atoms with Crippen LogP contribution in [0.1, 0.15) is 32.3 Å². The van der Waals surface area contributed by atoms with Crippen LogP contribution in [0, 0.1) is 22.9 Å². The van der Waals surface area contributed by atoms with E-state index in [-0.39, 0.29) is 17.3 Å². The van der Waals surface area contributed by atoms with Crippen LogP contribution in [0.3, 0.4) is 0 Å². The van der Waals surface area contributed by atoms with E-state index in [0.717, 1.165) is 10.5 Å². The summed E-state index contributed by atoms with van der Waals surface area (Å²) in [6.07, 6.45) is 1.45. The first-order valence-corrected chi connectivity index (χ1v) is 15.6. The van der Waals surface area contributed by atoms with E-state index in [0.29, 0.717) is 28.1 Å². The first kappa shape index (κ1) is 33.3. The van der Waals surface area contributed by atoms with Crippen LogP contribution in [0.5, 0.6) is 0 Å². The highest BCUT2D eigenvalue weighted by molar-refractivity contribution is 8.00. The molecule has 0 heterocycles. The number of carbonyl (C=O) groups excluding carboxylic acids is 3. The minimum Gasteiger partial charge on any atom is -0.325 e. The first-order chi connectivity index (χ1) is 23.2. The number of nitrogens with one attached hydrogen (secondary N) is 3. The Balaban J connectivity index is 1.33. The van der Waals surface area contributed by atoms with Gasteiger partial charge in [-0.1, -0.05) is 60.7 Å². The van der Waals surface area contributed by atoms with Crippen LogP contribution >= 0.6 is 11.8 Å². The molecule has 0 aliphatic heterocycles. The van der Waals surface area contributed by atoms with Gasteiger partial charge in [0.05, 0.1) is 4.92 Å². The number of carbonyl (C=O) groups is 3. The summed E-state index contributed by atoms with van der Waals surface area (Å²) in [5.41, 5.74) is 2.97. The lowest BCUT2D eigenvalue weighted by Gasteiger charge is -2.18. The van der Waals surface area contributed by atoms with E-state index in [4.69, 9.17) is 0 Å². The van der Waals surface area contributed by atoms with Gasteiger partial charge in [0.2, 0.25) is 5.91 Å². The van der Waals surface area contributed by atoms with Gasteiger partial charge in [-0.3, -0.25) is 24.5 Å². The molecule has 0 aliphatic rings. The normalized spacial score (nSPS) is 11.7. The lowest BCUT2D eigenvalue weighted by molar-refractivity contribution is -0.384. The molecular formula is C37H29FN4O5S. The second-order valence-electron chi connectivity index (χ2n) is 10.6. The van der Waals surface area contributed by atoms with Crippen molar-refractivity contribution in [3.8, 4) is 0 Å². The molecule has 1 unspecified atom stereocenters. The summed E-state index contributed by atoms with van der Waals surface area (Å²) < 4.78 is 13.5. The summed E-state index contributed by atoms with van der Waals surface area (Å²) in [4.78, 5) is 51.2. The van der Waals surface area contributed by atoms with Crippen molar-refractivity contribution in [2.75, 3.05) is 10.6 Å². The second-order valence-corrected chi connectivity index (χ2v) is 11.7. The third-order valence-electron chi connectivity index (χ3n) is 7.10. The molecule has 5 aromatic rings. The van der Waals surface area contributed by atoms with E-state index in [1.54, 1.807) is 61.5 Å². The first-order valence-electron chi connectivity index (χ1n) is 14.7. The third-order valence-corrected chi connectivity index (χ3v) is 8.36. The number of aryl methyl sites for hydroxylation is 1. The van der Waals surface area contributed by atoms with Crippen LogP contribution < -0.4 is 16.0 Å². The number of amides is 3. The van der Waals surface area contributed by atoms with Crippen molar-refractivity contribution in [1.29, 1.82) is 0 Å². The fourth-order valence-electron chi connectivity index (χ4n) is 4.62. The molecule has 0 radical (unpaired) electrons. The minimum absolute atomic E-state index is 0.0451. The zero-order valence-electron chi connectivity index (χ0n) is 25.6. The number of benzene rings is 5. The maximum Gasteiger partial charge on any atom is 0.272 e. The van der Waals surface area contributed by atoms with Crippen molar-refractivity contribution in [3.63, 3.8) is 0 Å². The summed E-state index contributed by atoms with van der Waals surface area (Å²) in [6, 6.07) is 34.2. The molecule has 1 atom stereocenters. The number of nitrogens with zero attached hydrogens (tertiary/aromatic N) is 1. The Hall–Kier alpha value is -6.07. The van der Waals surface area contributed by atoms with Gasteiger partial charge in [0.1, 0.15) is 16.8 Å². The number of halogens is 1. The van der Waals surface area contributed by atoms with E-state index in [2.05, 4.69) is 16.0 Å². The molecule has 0 saturated carbocycles. The van der Waals surface area contributed by atoms with Crippen molar-refractivity contribution in [2.45, 2.75) is 17.1 Å². The Morgan fingerprint density at radius 3 is 2.08 bits per heavy atom. The Bertz CT molecular complexity index is 1970. The molecule has 240 valence electrons. The van der Waals surface area contributed by atoms with E-state index in [9.17, 15) is 28.9 Å². The maximum atomic E-state index is 13.6. The smallest absolute Gasteiger partial charge is 0.272 e. The second kappa shape index (κ2) is 15.5. The fraction of sp³-hybridized carbons (Fsp3) is 0.0541. The van der Waals surface area contributed by atoms with Gasteiger partial charge in [0.25, 0.3) is 17.5 Å². The predicted molar refractivity (Wildman–Crippen MR) is 185 cm³/mol. The van der Waals surface area contributed by atoms with Crippen LogP contribution in [-0.2, 0) is 9.59 Å². The van der Waals surface area contributed by atoms with E-state index >= 15 is 0 Å². The molecule has 0 saturated heterocycles. The van der Waals surface area contributed by atoms with Gasteiger partial charge in [-0.2, -0.15) is 0 Å². The molecule has 0 aliphatic carbocycles. The van der Waals surface area contributed by atoms with Gasteiger partial charge in [-0.25, -0.2) is 4.39 Å². The average Bonchev–Trinajstić information content (AvgIpc) is 3.10. The Morgan fingerprint density at radius 2 is 1.46 bits per heavy atom. The van der Waals surface area contributed by atoms with Gasteiger partial charge in [0, 0.05) is 34.0 Å². The number of thioether (sulfide) groups is 1. The number of nitro benzene ring substituents is 1. The van der Waals surface area contributed by atoms with Gasteiger partial charge in [-0.15, -0.1) is 11.8 Å². The van der Waals surface area contributed by atoms with Crippen LogP contribution in [0.2, 0.25) is 0 Å². The van der Waals surface area contributed by atoms with Gasteiger partial charge < -0.3 is 16.0 Å². The molecular weight excluding hydrogens is 631 g/mol. The largest absolute Gasteiger partial charge is 0.325 e. The average molecular weight is 661 g/mol. The van der Waals surface area contributed by atoms with Crippen molar-refractivity contribution in [2.24, 2.45) is 0 Å². The molecule has 3 N–H and O–H groups in total. The van der Waals surface area contributed by atoms with Crippen molar-refractivity contribution in [1.82, 2.24) is 5.32 Å². The number of anilines is 2. The highest BCUT2D eigenvalue weighted by atomic mass is 32.2. The lowest BCUT2D eigenvalue weighted by Crippen LogP contribution is -2.30. The van der Waals surface area contributed by atoms with E-state index in [1.807, 2.05) is 30.3 Å². The van der Waals surface area contributed by atoms with Crippen LogP contribution in [0.4, 0.5) is 21.5 Å². The van der Waals surface area contributed by atoms with Crippen molar-refractivity contribution in [3.05, 3.63) is 171 Å². The Labute approximate surface area is 280 Å². The molecule has 0 bridgehead atoms. The molecule has 9 nitrogen and oxygen atoms in total. The molecule has 11 heteroatoms. The Kier molecular flexibility index (Phi) is 10.7. The standard InChI is InChI=1S/C37H29FN4O5S/c1-24-22-30(42(46)47)18-21-32(24)40-37(45)34(26-8-4-2-5-9-26)48-31-19-16-29(17-20-31)39-36(44)33(23-25-12-14-28(38)15-13-25)41-35(43)27-10-6-3-7-11-27/h2-23,34H,1H3,(H,39,44)(H,40,45)(H,41,43)/b33-23-. The van der Waals surface area contributed by atoms with Gasteiger partial charge in [0.15, 0.2) is 0 Å². The number of non-ortho nitro benzene ring substituents is 1. The molecule has 5 aromatic carbocycles. The summed E-state index contributed by atoms with van der Waals surface area (Å²) >= 11 is 1.29. The van der Waals surface area contributed by atoms with E-state index in [1.165, 1.54) is 60.3 Å². The molecule has 0 fully saturated rings. The number of nitro groups is 1. The molecule has 5 rings (SSSR count). The zero-order chi connectivity index (χ0) is 34.0. The summed E-state index contributed by atoms with van der Waals surface area (Å²) in [7, 11) is 0. The van der Waals surface area contributed by atoms with Crippen molar-refractivity contribution >= 4 is 52.6 Å². The third kappa shape index (κ3) is 8.80. The monoisotopic (exact) mass is 660 g/mol. The number of hydrogen-bond acceptors (Lipinski definition) is 6. The van der Waals surface area contributed by atoms with Crippen molar-refractivity contribution < 1.29 is 23.7 Å². The zero-order valence-corrected chi connectivity index (χ0v) is 26.4. The Morgan fingerprint density at radius 1 is 0.812 bits per heavy atom. The van der Waals surface area contributed by atoms with Gasteiger partial charge >= 0.3 is 0 Å². The molecule has 0 spiro atoms. The lowest BCUT2D eigenvalue weighted by atomic mass is 10.1. The summed E-state index contributed by atoms with van der Waals surface area (Å²) in [5.74, 6) is -1.83. The molecule has 3 amide bonds. The quantitative estimate of drug-likeness (QED) is 0.0571. The minimum atomic E-state index is -0.667. The number of hydrogen-bond donors (Lipinski definition) is 3. The maximum absolute atomic E-state index is 13.6. The van der Waals surface area contributed by atoms with Gasteiger partial charge in [-0.05, 0) is 84.3 Å². The topological polar surface area (TPSA) is 130 Å². The summed E-state index contributed by atoms with van der Waals surface area (Å²) in [6.45, 7) is 1.69. The van der Waals surface area contributed by atoms with Crippen LogP contribution in [0.25, 0.3) is 6.08 Å². The number of rotatable bonds is 11. The van der Waals surface area contributed by atoms with E-state index < -0.39 is 27.8 Å². The highest BCUT2D eigenvalue weighted by Crippen LogP contribution is 2.37. The SMILES string of the molecule is Cc1cc([N+](=O)[O-])ccc1NC(=O)C(Sc1ccc(NC(=O)/C(=C/c2ccc(F)cc2)NC(=O)c2ccccc2)cc1)c1ccccc1.